The number of carbonyl (C=O) groups excluding carboxylic acids is 1. The summed E-state index contributed by atoms with van der Waals surface area (Å²) in [6.07, 6.45) is -2.00. The monoisotopic (exact) mass is 655 g/mol. The summed E-state index contributed by atoms with van der Waals surface area (Å²) >= 11 is 0. The molecule has 0 aliphatic carbocycles. The zero-order valence-electron chi connectivity index (χ0n) is 25.3. The number of nitriles is 1. The summed E-state index contributed by atoms with van der Waals surface area (Å²) in [6.45, 7) is 4.48. The van der Waals surface area contributed by atoms with Crippen molar-refractivity contribution in [1.29, 1.82) is 5.26 Å². The molecule has 0 bridgehead atoms. The van der Waals surface area contributed by atoms with E-state index in [0.717, 1.165) is 25.5 Å². The summed E-state index contributed by atoms with van der Waals surface area (Å²) in [4.78, 5) is 27.0. The molecule has 0 unspecified atom stereocenters. The lowest BCUT2D eigenvalue weighted by atomic mass is 9.94. The van der Waals surface area contributed by atoms with E-state index < -0.39 is 40.9 Å². The highest BCUT2D eigenvalue weighted by Gasteiger charge is 2.39. The topological polar surface area (TPSA) is 125 Å². The highest BCUT2D eigenvalue weighted by Crippen LogP contribution is 2.45. The van der Waals surface area contributed by atoms with Gasteiger partial charge in [0.2, 0.25) is 0 Å². The van der Waals surface area contributed by atoms with Gasteiger partial charge >= 0.3 is 12.2 Å². The zero-order chi connectivity index (χ0) is 33.6. The molecule has 2 aliphatic rings. The van der Waals surface area contributed by atoms with Crippen LogP contribution in [0.25, 0.3) is 33.0 Å². The van der Waals surface area contributed by atoms with Crippen LogP contribution in [-0.2, 0) is 11.0 Å². The van der Waals surface area contributed by atoms with E-state index in [9.17, 15) is 32.0 Å². The Morgan fingerprint density at radius 2 is 1.98 bits per heavy atom. The number of benzene rings is 2. The van der Waals surface area contributed by atoms with Gasteiger partial charge in [0.25, 0.3) is 5.91 Å². The fraction of sp³-hybridized carbons (Fsp3) is 0.375. The van der Waals surface area contributed by atoms with Gasteiger partial charge in [0.05, 0.1) is 41.3 Å². The molecule has 2 atom stereocenters. The van der Waals surface area contributed by atoms with Crippen molar-refractivity contribution >= 4 is 39.3 Å². The van der Waals surface area contributed by atoms with Crippen LogP contribution in [0.4, 0.5) is 33.5 Å². The first kappa shape index (κ1) is 32.0. The van der Waals surface area contributed by atoms with Gasteiger partial charge in [0.1, 0.15) is 23.8 Å². The van der Waals surface area contributed by atoms with Crippen molar-refractivity contribution in [2.75, 3.05) is 50.5 Å². The minimum absolute atomic E-state index is 0.0230. The van der Waals surface area contributed by atoms with Gasteiger partial charge in [-0.3, -0.25) is 4.79 Å². The van der Waals surface area contributed by atoms with Crippen LogP contribution in [-0.4, -0.2) is 77.6 Å². The van der Waals surface area contributed by atoms with Crippen molar-refractivity contribution in [3.8, 4) is 23.2 Å². The second-order valence-electron chi connectivity index (χ2n) is 11.7. The fourth-order valence-electron chi connectivity index (χ4n) is 6.45. The number of carbonyl (C=O) groups is 1. The predicted molar refractivity (Wildman–Crippen MR) is 163 cm³/mol. The van der Waals surface area contributed by atoms with Crippen molar-refractivity contribution in [1.82, 2.24) is 19.8 Å². The number of nitrogens with zero attached hydrogens (tertiary/aromatic N) is 6. The number of nitrogen functional groups attached to an aromatic ring is 1. The Kier molecular flexibility index (Phi) is 8.39. The number of anilines is 2. The molecular formula is C32H30F5N7O3. The Bertz CT molecular complexity index is 1920. The number of fused-ring (bicyclic) bond motifs is 3. The number of rotatable bonds is 7. The predicted octanol–water partition coefficient (Wildman–Crippen LogP) is 5.67. The second kappa shape index (κ2) is 12.3. The lowest BCUT2D eigenvalue weighted by Gasteiger charge is -2.41. The summed E-state index contributed by atoms with van der Waals surface area (Å²) in [5.74, 6) is -3.32. The summed E-state index contributed by atoms with van der Waals surface area (Å²) in [7, 11) is 1.97. The quantitative estimate of drug-likeness (QED) is 0.152. The molecule has 4 heterocycles. The lowest BCUT2D eigenvalue weighted by Crippen LogP contribution is -2.55. The van der Waals surface area contributed by atoms with E-state index in [-0.39, 0.29) is 78.3 Å². The van der Waals surface area contributed by atoms with Gasteiger partial charge in [0, 0.05) is 36.7 Å². The van der Waals surface area contributed by atoms with Gasteiger partial charge in [-0.1, -0.05) is 6.58 Å². The molecular weight excluding hydrogens is 625 g/mol. The van der Waals surface area contributed by atoms with Crippen LogP contribution in [0.5, 0.6) is 6.01 Å². The Labute approximate surface area is 265 Å². The first-order valence-corrected chi connectivity index (χ1v) is 14.9. The highest BCUT2D eigenvalue weighted by atomic mass is 19.4. The Hall–Kier alpha value is -4.97. The third kappa shape index (κ3) is 6.00. The van der Waals surface area contributed by atoms with Crippen LogP contribution < -0.4 is 15.4 Å². The minimum atomic E-state index is -5.05. The van der Waals surface area contributed by atoms with Crippen molar-refractivity contribution < 1.29 is 35.9 Å². The molecule has 10 nitrogen and oxygen atoms in total. The zero-order valence-corrected chi connectivity index (χ0v) is 25.3. The van der Waals surface area contributed by atoms with E-state index in [1.807, 2.05) is 13.1 Å². The minimum Gasteiger partial charge on any atom is -0.463 e. The van der Waals surface area contributed by atoms with Gasteiger partial charge in [-0.15, -0.1) is 0 Å². The third-order valence-electron chi connectivity index (χ3n) is 8.73. The molecule has 2 fully saturated rings. The van der Waals surface area contributed by atoms with Gasteiger partial charge in [-0.25, -0.2) is 8.78 Å². The normalized spacial score (nSPS) is 19.0. The van der Waals surface area contributed by atoms with Crippen LogP contribution >= 0.6 is 0 Å². The van der Waals surface area contributed by atoms with E-state index in [2.05, 4.69) is 16.5 Å². The molecule has 0 radical (unpaired) electrons. The number of likely N-dealkylation sites (N-methyl/N-ethyl adjacent to an activating group) is 1. The Morgan fingerprint density at radius 1 is 1.19 bits per heavy atom. The number of aromatic nitrogens is 2. The lowest BCUT2D eigenvalue weighted by molar-refractivity contribution is -0.139. The van der Waals surface area contributed by atoms with Crippen LogP contribution in [0.3, 0.4) is 0 Å². The van der Waals surface area contributed by atoms with E-state index in [1.54, 1.807) is 4.90 Å². The number of likely N-dealkylation sites (tertiary alicyclic amines) is 1. The largest absolute Gasteiger partial charge is 0.463 e. The van der Waals surface area contributed by atoms with Crippen molar-refractivity contribution in [3.63, 3.8) is 0 Å². The molecule has 4 aromatic rings. The number of furan rings is 1. The summed E-state index contributed by atoms with van der Waals surface area (Å²) < 4.78 is 83.2. The SMILES string of the molecule is C=C(F)C(=O)N1CCN(c2nc(OC[C@@H]3CCCN3C)nc3cc(-c4cc(N)cc(F)c4C(F)(F)F)c4ccoc4c23)C[C@@H]1CC#N. The highest BCUT2D eigenvalue weighted by molar-refractivity contribution is 6.14. The smallest absolute Gasteiger partial charge is 0.419 e. The molecule has 2 aliphatic heterocycles. The molecule has 1 amide bonds. The molecule has 15 heteroatoms. The van der Waals surface area contributed by atoms with Crippen molar-refractivity contribution in [2.24, 2.45) is 0 Å². The summed E-state index contributed by atoms with van der Waals surface area (Å²) in [5.41, 5.74) is 3.88. The van der Waals surface area contributed by atoms with Gasteiger partial charge in [-0.2, -0.15) is 28.4 Å². The molecule has 2 aromatic heterocycles. The molecule has 2 saturated heterocycles. The van der Waals surface area contributed by atoms with E-state index in [1.165, 1.54) is 23.3 Å². The maximum Gasteiger partial charge on any atom is 0.419 e. The average Bonchev–Trinajstić information content (AvgIpc) is 3.67. The maximum absolute atomic E-state index is 14.9. The number of amides is 1. The van der Waals surface area contributed by atoms with Crippen molar-refractivity contribution in [2.45, 2.75) is 37.5 Å². The number of nitrogens with two attached hydrogens (primary N) is 1. The Morgan fingerprint density at radius 3 is 2.66 bits per heavy atom. The van der Waals surface area contributed by atoms with Gasteiger partial charge < -0.3 is 29.6 Å². The van der Waals surface area contributed by atoms with Crippen LogP contribution in [0.15, 0.2) is 47.4 Å². The molecule has 246 valence electrons. The van der Waals surface area contributed by atoms with Gasteiger partial charge in [0.15, 0.2) is 5.83 Å². The van der Waals surface area contributed by atoms with E-state index in [4.69, 9.17) is 19.9 Å². The van der Waals surface area contributed by atoms with E-state index in [0.29, 0.717) is 11.5 Å². The first-order valence-electron chi connectivity index (χ1n) is 14.9. The third-order valence-corrected chi connectivity index (χ3v) is 8.73. The maximum atomic E-state index is 14.9. The number of hydrogen-bond donors (Lipinski definition) is 1. The van der Waals surface area contributed by atoms with Crippen molar-refractivity contribution in [3.05, 3.63) is 54.3 Å². The number of piperazine rings is 1. The molecule has 0 spiro atoms. The van der Waals surface area contributed by atoms with Crippen LogP contribution in [0.2, 0.25) is 0 Å². The number of alkyl halides is 3. The number of halogens is 5. The fourth-order valence-corrected chi connectivity index (χ4v) is 6.45. The molecule has 2 aromatic carbocycles. The number of ether oxygens (including phenoxy) is 1. The molecule has 0 saturated carbocycles. The summed E-state index contributed by atoms with van der Waals surface area (Å²) in [5, 5.41) is 10.0. The van der Waals surface area contributed by atoms with Crippen LogP contribution in [0, 0.1) is 17.1 Å². The van der Waals surface area contributed by atoms with Crippen LogP contribution in [0.1, 0.15) is 24.8 Å². The molecule has 2 N–H and O–H groups in total. The second-order valence-corrected chi connectivity index (χ2v) is 11.7. The summed E-state index contributed by atoms with van der Waals surface area (Å²) in [6, 6.07) is 5.84. The standard InChI is InChI=1S/C32H30F5N7O3/c1-17(33)30(45)44-10-9-43(15-19(44)5-7-38)29-26-25(40-31(41-29)47-16-20-4-3-8-42(20)2)14-22(21-6-11-46-28(21)26)23-12-18(39)13-24(34)27(23)32(35,36)37/h6,11-14,19-20H,1,3-5,8-10,15-16,39H2,2H3/t19-,20-/m0/s1. The average molecular weight is 656 g/mol. The van der Waals surface area contributed by atoms with E-state index >= 15 is 0 Å². The molecule has 47 heavy (non-hydrogen) atoms. The van der Waals surface area contributed by atoms with Gasteiger partial charge in [-0.05, 0) is 61.8 Å². The number of hydrogen-bond acceptors (Lipinski definition) is 9. The Balaban J connectivity index is 1.54. The first-order chi connectivity index (χ1) is 22.4. The molecule has 6 rings (SSSR count).